The molecule has 0 atom stereocenters. The summed E-state index contributed by atoms with van der Waals surface area (Å²) in [5, 5.41) is 14.1. The molecule has 0 aliphatic rings. The number of benzene rings is 3. The van der Waals surface area contributed by atoms with Crippen molar-refractivity contribution in [1.29, 1.82) is 0 Å². The van der Waals surface area contributed by atoms with Gasteiger partial charge in [-0.2, -0.15) is 0 Å². The molecule has 2 nitrogen and oxygen atoms in total. The van der Waals surface area contributed by atoms with E-state index in [-0.39, 0.29) is 11.2 Å². The summed E-state index contributed by atoms with van der Waals surface area (Å²) < 4.78 is 0. The first-order chi connectivity index (χ1) is 13.8. The molecule has 3 heteroatoms. The normalized spacial score (nSPS) is 11.6. The van der Waals surface area contributed by atoms with Crippen molar-refractivity contribution in [2.75, 3.05) is 0 Å². The van der Waals surface area contributed by atoms with Crippen LogP contribution in [0.2, 0.25) is 0 Å². The molecule has 4 rings (SSSR count). The number of aryl methyl sites for hydroxylation is 1. The van der Waals surface area contributed by atoms with Crippen LogP contribution in [0.1, 0.15) is 31.9 Å². The van der Waals surface area contributed by atoms with E-state index < -0.39 is 0 Å². The molecular formula is C26H25NOS. The maximum Gasteiger partial charge on any atom is 0.133 e. The lowest BCUT2D eigenvalue weighted by molar-refractivity contribution is 0.478. The fraction of sp³-hybridized carbons (Fsp3) is 0.192. The predicted molar refractivity (Wildman–Crippen MR) is 124 cm³/mol. The minimum absolute atomic E-state index is 0.0391. The number of phenols is 1. The summed E-state index contributed by atoms with van der Waals surface area (Å²) in [5.74, 6) is 0.286. The average molecular weight is 400 g/mol. The molecule has 1 N–H and O–H groups in total. The Bertz CT molecular complexity index is 1150. The smallest absolute Gasteiger partial charge is 0.133 e. The molecule has 29 heavy (non-hydrogen) atoms. The van der Waals surface area contributed by atoms with Gasteiger partial charge in [0.15, 0.2) is 0 Å². The maximum atomic E-state index is 11.2. The Labute approximate surface area is 176 Å². The number of aromatic nitrogens is 1. The third-order valence-corrected chi connectivity index (χ3v) is 5.98. The van der Waals surface area contributed by atoms with Gasteiger partial charge in [0.05, 0.1) is 11.3 Å². The highest BCUT2D eigenvalue weighted by molar-refractivity contribution is 7.13. The summed E-state index contributed by atoms with van der Waals surface area (Å²) in [6.45, 7) is 8.66. The fourth-order valence-corrected chi connectivity index (χ4v) is 4.25. The Morgan fingerprint density at radius 1 is 0.828 bits per heavy atom. The molecule has 0 bridgehead atoms. The molecule has 4 aromatic rings. The van der Waals surface area contributed by atoms with Crippen molar-refractivity contribution in [3.05, 3.63) is 83.2 Å². The van der Waals surface area contributed by atoms with Gasteiger partial charge in [0.1, 0.15) is 10.8 Å². The zero-order valence-electron chi connectivity index (χ0n) is 17.2. The van der Waals surface area contributed by atoms with Crippen molar-refractivity contribution in [2.45, 2.75) is 33.1 Å². The molecule has 3 aromatic carbocycles. The van der Waals surface area contributed by atoms with Gasteiger partial charge in [-0.25, -0.2) is 4.98 Å². The molecule has 0 fully saturated rings. The van der Waals surface area contributed by atoms with E-state index in [1.807, 2.05) is 30.3 Å². The predicted octanol–water partition coefficient (Wildman–Crippen LogP) is 7.46. The number of phenolic OH excluding ortho intramolecular Hbond substituents is 1. The quantitative estimate of drug-likeness (QED) is 0.388. The van der Waals surface area contributed by atoms with Crippen molar-refractivity contribution in [1.82, 2.24) is 4.98 Å². The minimum Gasteiger partial charge on any atom is -0.507 e. The average Bonchev–Trinajstić information content (AvgIpc) is 3.18. The van der Waals surface area contributed by atoms with Crippen molar-refractivity contribution in [2.24, 2.45) is 0 Å². The Morgan fingerprint density at radius 2 is 1.52 bits per heavy atom. The monoisotopic (exact) mass is 399 g/mol. The Balaban J connectivity index is 1.88. The number of rotatable bonds is 3. The van der Waals surface area contributed by atoms with Gasteiger partial charge in [-0.05, 0) is 41.7 Å². The number of thiazole rings is 1. The number of aromatic hydroxyl groups is 1. The fourth-order valence-electron chi connectivity index (χ4n) is 3.40. The Morgan fingerprint density at radius 3 is 2.21 bits per heavy atom. The van der Waals surface area contributed by atoms with E-state index in [1.165, 1.54) is 11.1 Å². The summed E-state index contributed by atoms with van der Waals surface area (Å²) >= 11 is 1.57. The molecule has 1 aromatic heterocycles. The number of hydrogen-bond donors (Lipinski definition) is 1. The van der Waals surface area contributed by atoms with Crippen LogP contribution in [0.3, 0.4) is 0 Å². The summed E-state index contributed by atoms with van der Waals surface area (Å²) in [5.41, 5.74) is 7.03. The summed E-state index contributed by atoms with van der Waals surface area (Å²) in [6, 6.07) is 22.6. The van der Waals surface area contributed by atoms with Crippen molar-refractivity contribution >= 4 is 11.3 Å². The second-order valence-electron chi connectivity index (χ2n) is 8.44. The van der Waals surface area contributed by atoms with Crippen LogP contribution in [-0.4, -0.2) is 10.1 Å². The van der Waals surface area contributed by atoms with Crippen LogP contribution in [0.25, 0.3) is 33.0 Å². The van der Waals surface area contributed by atoms with E-state index in [1.54, 1.807) is 11.3 Å². The van der Waals surface area contributed by atoms with Gasteiger partial charge < -0.3 is 5.11 Å². The van der Waals surface area contributed by atoms with Crippen LogP contribution in [0.5, 0.6) is 5.75 Å². The first kappa shape index (κ1) is 19.4. The molecule has 0 unspecified atom stereocenters. The van der Waals surface area contributed by atoms with Gasteiger partial charge in [-0.3, -0.25) is 0 Å². The molecule has 0 amide bonds. The van der Waals surface area contributed by atoms with E-state index in [9.17, 15) is 5.11 Å². The van der Waals surface area contributed by atoms with E-state index in [4.69, 9.17) is 4.98 Å². The molecule has 0 aliphatic carbocycles. The highest BCUT2D eigenvalue weighted by Crippen LogP contribution is 2.43. The van der Waals surface area contributed by atoms with E-state index in [2.05, 4.69) is 69.5 Å². The molecule has 0 spiro atoms. The highest BCUT2D eigenvalue weighted by Gasteiger charge is 2.21. The van der Waals surface area contributed by atoms with Crippen LogP contribution < -0.4 is 0 Å². The van der Waals surface area contributed by atoms with Gasteiger partial charge in [0.2, 0.25) is 0 Å². The second kappa shape index (κ2) is 7.49. The SMILES string of the molecule is Cc1cccc(-c2csc(-c3cc(C(C)(C)C)cc(-c4ccccc4)c3O)n2)c1. The van der Waals surface area contributed by atoms with E-state index >= 15 is 0 Å². The lowest BCUT2D eigenvalue weighted by Gasteiger charge is -2.22. The molecular weight excluding hydrogens is 374 g/mol. The van der Waals surface area contributed by atoms with Crippen molar-refractivity contribution in [3.63, 3.8) is 0 Å². The molecule has 0 saturated heterocycles. The van der Waals surface area contributed by atoms with Gasteiger partial charge in [0.25, 0.3) is 0 Å². The van der Waals surface area contributed by atoms with Crippen LogP contribution in [0.15, 0.2) is 72.1 Å². The van der Waals surface area contributed by atoms with E-state index in [0.717, 1.165) is 33.0 Å². The molecule has 0 radical (unpaired) electrons. The third kappa shape index (κ3) is 3.96. The number of hydrogen-bond acceptors (Lipinski definition) is 3. The topological polar surface area (TPSA) is 33.1 Å². The molecule has 146 valence electrons. The van der Waals surface area contributed by atoms with Gasteiger partial charge in [-0.15, -0.1) is 11.3 Å². The Kier molecular flexibility index (Phi) is 5.01. The van der Waals surface area contributed by atoms with Gasteiger partial charge in [-0.1, -0.05) is 74.9 Å². The Hall–Kier alpha value is -2.91. The minimum atomic E-state index is -0.0391. The highest BCUT2D eigenvalue weighted by atomic mass is 32.1. The number of nitrogens with zero attached hydrogens (tertiary/aromatic N) is 1. The summed E-state index contributed by atoms with van der Waals surface area (Å²) in [4.78, 5) is 4.87. The third-order valence-electron chi connectivity index (χ3n) is 5.11. The maximum absolute atomic E-state index is 11.2. The largest absolute Gasteiger partial charge is 0.507 e. The first-order valence-electron chi connectivity index (χ1n) is 9.79. The van der Waals surface area contributed by atoms with Crippen LogP contribution >= 0.6 is 11.3 Å². The summed E-state index contributed by atoms with van der Waals surface area (Å²) in [6.07, 6.45) is 0. The van der Waals surface area contributed by atoms with Gasteiger partial charge >= 0.3 is 0 Å². The van der Waals surface area contributed by atoms with Crippen molar-refractivity contribution < 1.29 is 5.11 Å². The molecule has 0 saturated carbocycles. The van der Waals surface area contributed by atoms with E-state index in [0.29, 0.717) is 0 Å². The zero-order valence-corrected chi connectivity index (χ0v) is 18.0. The van der Waals surface area contributed by atoms with Gasteiger partial charge in [0, 0.05) is 16.5 Å². The lowest BCUT2D eigenvalue weighted by Crippen LogP contribution is -2.11. The molecule has 1 heterocycles. The van der Waals surface area contributed by atoms with Crippen LogP contribution in [-0.2, 0) is 5.41 Å². The van der Waals surface area contributed by atoms with Crippen LogP contribution in [0, 0.1) is 6.92 Å². The molecule has 0 aliphatic heterocycles. The first-order valence-corrected chi connectivity index (χ1v) is 10.7. The zero-order chi connectivity index (χ0) is 20.6. The lowest BCUT2D eigenvalue weighted by atomic mass is 9.83. The standard InChI is InChI=1S/C26H25NOS/c1-17-9-8-12-19(13-17)23-16-29-25(27-23)22-15-20(26(2,3)4)14-21(24(22)28)18-10-6-5-7-11-18/h5-16,28H,1-4H3. The van der Waals surface area contributed by atoms with Crippen molar-refractivity contribution in [3.8, 4) is 38.7 Å². The van der Waals surface area contributed by atoms with Crippen LogP contribution in [0.4, 0.5) is 0 Å². The second-order valence-corrected chi connectivity index (χ2v) is 9.30. The summed E-state index contributed by atoms with van der Waals surface area (Å²) in [7, 11) is 0.